The molecule has 3 rings (SSSR count). The number of rotatable bonds is 0. The lowest BCUT2D eigenvalue weighted by Gasteiger charge is -2.29. The molecule has 17 heavy (non-hydrogen) atoms. The molecule has 1 spiro atoms. The Labute approximate surface area is 96.8 Å². The van der Waals surface area contributed by atoms with Crippen LogP contribution in [0.2, 0.25) is 0 Å². The van der Waals surface area contributed by atoms with E-state index < -0.39 is 22.9 Å². The maximum atomic E-state index is 9.97. The van der Waals surface area contributed by atoms with E-state index in [9.17, 15) is 15.3 Å². The fourth-order valence-corrected chi connectivity index (χ4v) is 2.06. The summed E-state index contributed by atoms with van der Waals surface area (Å²) in [6.45, 7) is 0.0476. The number of para-hydroxylation sites is 1. The lowest BCUT2D eigenvalue weighted by molar-refractivity contribution is -0.0208. The molecule has 2 aliphatic heterocycles. The predicted molar refractivity (Wildman–Crippen MR) is 57.7 cm³/mol. The summed E-state index contributed by atoms with van der Waals surface area (Å²) >= 11 is 0. The quantitative estimate of drug-likeness (QED) is 0.640. The SMILES string of the molecule is OC1=COC2(COc3ccccc32)C(O)=C1O. The minimum absolute atomic E-state index is 0.0476. The molecule has 3 N–H and O–H groups in total. The van der Waals surface area contributed by atoms with Crippen molar-refractivity contribution < 1.29 is 24.8 Å². The van der Waals surface area contributed by atoms with Crippen molar-refractivity contribution in [1.29, 1.82) is 0 Å². The highest BCUT2D eigenvalue weighted by Gasteiger charge is 2.50. The monoisotopic (exact) mass is 234 g/mol. The summed E-state index contributed by atoms with van der Waals surface area (Å²) < 4.78 is 10.7. The molecule has 2 heterocycles. The van der Waals surface area contributed by atoms with Gasteiger partial charge in [-0.3, -0.25) is 0 Å². The normalized spacial score (nSPS) is 26.2. The van der Waals surface area contributed by atoms with Gasteiger partial charge in [0.05, 0.1) is 0 Å². The Hall–Kier alpha value is -2.30. The van der Waals surface area contributed by atoms with Crippen molar-refractivity contribution in [2.45, 2.75) is 5.60 Å². The standard InChI is InChI=1S/C12H10O5/c13-8-5-17-12(11(15)10(8)14)6-16-9-4-2-1-3-7(9)12/h1-5,13-15H,6H2. The van der Waals surface area contributed by atoms with E-state index in [0.29, 0.717) is 11.3 Å². The van der Waals surface area contributed by atoms with E-state index in [2.05, 4.69) is 0 Å². The molecule has 1 aromatic carbocycles. The first-order chi connectivity index (χ1) is 8.15. The Morgan fingerprint density at radius 2 is 1.88 bits per heavy atom. The Bertz CT molecular complexity index is 546. The van der Waals surface area contributed by atoms with E-state index in [-0.39, 0.29) is 6.61 Å². The number of ether oxygens (including phenoxy) is 2. The molecule has 0 saturated carbocycles. The Morgan fingerprint density at radius 1 is 1.12 bits per heavy atom. The molecule has 0 aliphatic carbocycles. The highest BCUT2D eigenvalue weighted by molar-refractivity contribution is 5.48. The van der Waals surface area contributed by atoms with Crippen LogP contribution in [0, 0.1) is 0 Å². The molecule has 1 unspecified atom stereocenters. The van der Waals surface area contributed by atoms with Gasteiger partial charge in [0.1, 0.15) is 18.6 Å². The number of hydrogen-bond acceptors (Lipinski definition) is 5. The zero-order valence-electron chi connectivity index (χ0n) is 8.75. The molecule has 0 amide bonds. The van der Waals surface area contributed by atoms with Gasteiger partial charge in [0.15, 0.2) is 11.5 Å². The van der Waals surface area contributed by atoms with E-state index in [4.69, 9.17) is 9.47 Å². The first-order valence-corrected chi connectivity index (χ1v) is 5.07. The molecule has 0 bridgehead atoms. The summed E-state index contributed by atoms with van der Waals surface area (Å²) in [4.78, 5) is 0. The summed E-state index contributed by atoms with van der Waals surface area (Å²) in [6.07, 6.45) is 1.00. The molecule has 88 valence electrons. The summed E-state index contributed by atoms with van der Waals surface area (Å²) in [5, 5.41) is 28.8. The zero-order valence-corrected chi connectivity index (χ0v) is 8.75. The highest BCUT2D eigenvalue weighted by atomic mass is 16.6. The third-order valence-corrected chi connectivity index (χ3v) is 2.97. The van der Waals surface area contributed by atoms with Crippen molar-refractivity contribution in [2.75, 3.05) is 6.61 Å². The van der Waals surface area contributed by atoms with Crippen molar-refractivity contribution >= 4 is 0 Å². The van der Waals surface area contributed by atoms with E-state index in [0.717, 1.165) is 6.26 Å². The molecule has 0 fully saturated rings. The minimum atomic E-state index is -1.26. The van der Waals surface area contributed by atoms with Gasteiger partial charge in [-0.05, 0) is 6.07 Å². The highest BCUT2D eigenvalue weighted by Crippen LogP contribution is 2.46. The molecule has 5 nitrogen and oxygen atoms in total. The number of fused-ring (bicyclic) bond motifs is 2. The first kappa shape index (κ1) is 9.89. The zero-order chi connectivity index (χ0) is 12.0. The fraction of sp³-hybridized carbons (Fsp3) is 0.167. The molecule has 0 aromatic heterocycles. The van der Waals surface area contributed by atoms with Gasteiger partial charge in [0.2, 0.25) is 11.4 Å². The van der Waals surface area contributed by atoms with Gasteiger partial charge in [-0.15, -0.1) is 0 Å². The van der Waals surface area contributed by atoms with Crippen molar-refractivity contribution in [3.05, 3.63) is 53.4 Å². The summed E-state index contributed by atoms with van der Waals surface area (Å²) in [6, 6.07) is 7.06. The van der Waals surface area contributed by atoms with Crippen LogP contribution in [-0.4, -0.2) is 21.9 Å². The number of aliphatic hydroxyl groups excluding tert-OH is 3. The summed E-state index contributed by atoms with van der Waals surface area (Å²) in [5.74, 6) is -0.946. The van der Waals surface area contributed by atoms with Crippen molar-refractivity contribution in [1.82, 2.24) is 0 Å². The van der Waals surface area contributed by atoms with Crippen LogP contribution in [0.3, 0.4) is 0 Å². The predicted octanol–water partition coefficient (Wildman–Crippen LogP) is 2.03. The van der Waals surface area contributed by atoms with E-state index in [1.165, 1.54) is 0 Å². The number of benzene rings is 1. The van der Waals surface area contributed by atoms with Crippen molar-refractivity contribution in [2.24, 2.45) is 0 Å². The molecule has 5 heteroatoms. The van der Waals surface area contributed by atoms with Crippen LogP contribution in [0.1, 0.15) is 5.56 Å². The third kappa shape index (κ3) is 1.13. The average molecular weight is 234 g/mol. The molecular weight excluding hydrogens is 224 g/mol. The van der Waals surface area contributed by atoms with Gasteiger partial charge >= 0.3 is 0 Å². The lowest BCUT2D eigenvalue weighted by atomic mass is 9.91. The van der Waals surface area contributed by atoms with Crippen LogP contribution in [0.25, 0.3) is 0 Å². The number of hydrogen-bond donors (Lipinski definition) is 3. The van der Waals surface area contributed by atoms with Gasteiger partial charge in [-0.1, -0.05) is 18.2 Å². The van der Waals surface area contributed by atoms with Gasteiger partial charge in [-0.25, -0.2) is 0 Å². The molecule has 1 atom stereocenters. The maximum Gasteiger partial charge on any atom is 0.230 e. The first-order valence-electron chi connectivity index (χ1n) is 5.07. The van der Waals surface area contributed by atoms with Crippen LogP contribution < -0.4 is 4.74 Å². The maximum absolute atomic E-state index is 9.97. The Kier molecular flexibility index (Phi) is 1.80. The van der Waals surface area contributed by atoms with Gasteiger partial charge in [-0.2, -0.15) is 0 Å². The lowest BCUT2D eigenvalue weighted by Crippen LogP contribution is -2.35. The topological polar surface area (TPSA) is 79.2 Å². The second-order valence-corrected chi connectivity index (χ2v) is 3.93. The van der Waals surface area contributed by atoms with Crippen LogP contribution >= 0.6 is 0 Å². The molecule has 1 aromatic rings. The second kappa shape index (κ2) is 3.10. The Morgan fingerprint density at radius 3 is 2.71 bits per heavy atom. The smallest absolute Gasteiger partial charge is 0.230 e. The summed E-state index contributed by atoms with van der Waals surface area (Å²) in [7, 11) is 0. The summed E-state index contributed by atoms with van der Waals surface area (Å²) in [5.41, 5.74) is -0.639. The van der Waals surface area contributed by atoms with E-state index in [1.807, 2.05) is 0 Å². The second-order valence-electron chi connectivity index (χ2n) is 3.93. The average Bonchev–Trinajstić information content (AvgIpc) is 2.73. The fourth-order valence-electron chi connectivity index (χ4n) is 2.06. The third-order valence-electron chi connectivity index (χ3n) is 2.97. The molecule has 2 aliphatic rings. The largest absolute Gasteiger partial charge is 0.505 e. The van der Waals surface area contributed by atoms with Crippen LogP contribution in [-0.2, 0) is 10.3 Å². The van der Waals surface area contributed by atoms with Crippen LogP contribution in [0.5, 0.6) is 5.75 Å². The van der Waals surface area contributed by atoms with Gasteiger partial charge < -0.3 is 24.8 Å². The molecular formula is C12H10O5. The van der Waals surface area contributed by atoms with Crippen molar-refractivity contribution in [3.8, 4) is 5.75 Å². The number of aliphatic hydroxyl groups is 3. The van der Waals surface area contributed by atoms with Gasteiger partial charge in [0.25, 0.3) is 0 Å². The molecule has 0 saturated heterocycles. The van der Waals surface area contributed by atoms with E-state index >= 15 is 0 Å². The van der Waals surface area contributed by atoms with E-state index in [1.54, 1.807) is 24.3 Å². The van der Waals surface area contributed by atoms with Gasteiger partial charge in [0, 0.05) is 5.56 Å². The minimum Gasteiger partial charge on any atom is -0.505 e. The van der Waals surface area contributed by atoms with Crippen LogP contribution in [0.15, 0.2) is 47.8 Å². The van der Waals surface area contributed by atoms with Crippen LogP contribution in [0.4, 0.5) is 0 Å². The Balaban J connectivity index is 2.18. The van der Waals surface area contributed by atoms with Crippen molar-refractivity contribution in [3.63, 3.8) is 0 Å². The molecule has 0 radical (unpaired) electrons.